The van der Waals surface area contributed by atoms with Crippen LogP contribution in [0.1, 0.15) is 31.2 Å². The van der Waals surface area contributed by atoms with Crippen LogP contribution in [-0.2, 0) is 6.54 Å². The summed E-state index contributed by atoms with van der Waals surface area (Å²) in [7, 11) is 2.11. The van der Waals surface area contributed by atoms with Crippen molar-refractivity contribution in [1.29, 1.82) is 0 Å². The smallest absolute Gasteiger partial charge is 0.0234 e. The highest BCUT2D eigenvalue weighted by atomic mass is 15.2. The van der Waals surface area contributed by atoms with E-state index < -0.39 is 0 Å². The van der Waals surface area contributed by atoms with Crippen LogP contribution in [0.5, 0.6) is 0 Å². The maximum absolute atomic E-state index is 3.47. The van der Waals surface area contributed by atoms with E-state index in [9.17, 15) is 0 Å². The van der Waals surface area contributed by atoms with Crippen LogP contribution in [0.2, 0.25) is 0 Å². The minimum absolute atomic E-state index is 0.697. The van der Waals surface area contributed by atoms with E-state index in [1.54, 1.807) is 0 Å². The van der Waals surface area contributed by atoms with Crippen molar-refractivity contribution >= 4 is 0 Å². The molecule has 116 valence electrons. The van der Waals surface area contributed by atoms with Crippen molar-refractivity contribution in [2.75, 3.05) is 33.2 Å². The first-order valence-corrected chi connectivity index (χ1v) is 8.53. The zero-order chi connectivity index (χ0) is 14.5. The lowest BCUT2D eigenvalue weighted by molar-refractivity contribution is 0.0691. The molecule has 21 heavy (non-hydrogen) atoms. The van der Waals surface area contributed by atoms with Crippen molar-refractivity contribution in [3.63, 3.8) is 0 Å². The molecule has 0 aliphatic carbocycles. The van der Waals surface area contributed by atoms with Gasteiger partial charge < -0.3 is 5.32 Å². The van der Waals surface area contributed by atoms with E-state index in [0.29, 0.717) is 6.04 Å². The molecule has 1 N–H and O–H groups in total. The lowest BCUT2D eigenvalue weighted by Crippen LogP contribution is -2.53. The Kier molecular flexibility index (Phi) is 5.28. The van der Waals surface area contributed by atoms with Gasteiger partial charge in [-0.2, -0.15) is 0 Å². The van der Waals surface area contributed by atoms with Gasteiger partial charge in [0.15, 0.2) is 0 Å². The summed E-state index contributed by atoms with van der Waals surface area (Å²) in [6.45, 7) is 6.14. The Balaban J connectivity index is 1.55. The third-order valence-electron chi connectivity index (χ3n) is 5.11. The molecule has 2 fully saturated rings. The summed E-state index contributed by atoms with van der Waals surface area (Å²) in [6, 6.07) is 12.4. The largest absolute Gasteiger partial charge is 0.316 e. The normalized spacial score (nSPS) is 28.6. The maximum atomic E-state index is 3.47. The van der Waals surface area contributed by atoms with E-state index in [-0.39, 0.29) is 0 Å². The Morgan fingerprint density at radius 3 is 2.67 bits per heavy atom. The molecule has 3 rings (SSSR count). The number of nitrogens with one attached hydrogen (secondary N) is 1. The SMILES string of the molecule is CNC1CCCN(C2CCCN(Cc3ccccc3)C2)C1. The predicted octanol–water partition coefficient (Wildman–Crippen LogP) is 2.33. The second kappa shape index (κ2) is 7.39. The zero-order valence-electron chi connectivity index (χ0n) is 13.3. The van der Waals surface area contributed by atoms with Crippen LogP contribution in [0.4, 0.5) is 0 Å². The minimum atomic E-state index is 0.697. The molecule has 2 aliphatic heterocycles. The molecule has 2 aliphatic rings. The highest BCUT2D eigenvalue weighted by Crippen LogP contribution is 2.21. The van der Waals surface area contributed by atoms with E-state index in [4.69, 9.17) is 0 Å². The van der Waals surface area contributed by atoms with E-state index in [1.807, 2.05) is 0 Å². The van der Waals surface area contributed by atoms with Gasteiger partial charge in [-0.3, -0.25) is 9.80 Å². The van der Waals surface area contributed by atoms with Gasteiger partial charge in [-0.25, -0.2) is 0 Å². The summed E-state index contributed by atoms with van der Waals surface area (Å²) in [5.41, 5.74) is 1.45. The Morgan fingerprint density at radius 1 is 1.05 bits per heavy atom. The van der Waals surface area contributed by atoms with Crippen LogP contribution in [0.3, 0.4) is 0 Å². The average Bonchev–Trinajstić information content (AvgIpc) is 2.56. The molecule has 2 heterocycles. The van der Waals surface area contributed by atoms with Crippen LogP contribution >= 0.6 is 0 Å². The fourth-order valence-electron chi connectivity index (χ4n) is 3.89. The topological polar surface area (TPSA) is 18.5 Å². The number of likely N-dealkylation sites (N-methyl/N-ethyl adjacent to an activating group) is 1. The third-order valence-corrected chi connectivity index (χ3v) is 5.11. The predicted molar refractivity (Wildman–Crippen MR) is 88.4 cm³/mol. The number of piperidine rings is 2. The lowest BCUT2D eigenvalue weighted by Gasteiger charge is -2.43. The molecule has 0 spiro atoms. The summed E-state index contributed by atoms with van der Waals surface area (Å²) >= 11 is 0. The Morgan fingerprint density at radius 2 is 1.86 bits per heavy atom. The molecule has 3 nitrogen and oxygen atoms in total. The molecule has 0 radical (unpaired) electrons. The van der Waals surface area contributed by atoms with Gasteiger partial charge in [0.2, 0.25) is 0 Å². The van der Waals surface area contributed by atoms with Crippen LogP contribution in [0, 0.1) is 0 Å². The number of rotatable bonds is 4. The van der Waals surface area contributed by atoms with Crippen molar-refractivity contribution in [2.24, 2.45) is 0 Å². The fraction of sp³-hybridized carbons (Fsp3) is 0.667. The van der Waals surface area contributed by atoms with Gasteiger partial charge in [0, 0.05) is 31.7 Å². The monoisotopic (exact) mass is 287 g/mol. The van der Waals surface area contributed by atoms with Crippen LogP contribution in [0.25, 0.3) is 0 Å². The number of hydrogen-bond acceptors (Lipinski definition) is 3. The van der Waals surface area contributed by atoms with Gasteiger partial charge in [-0.05, 0) is 51.4 Å². The molecule has 2 atom stereocenters. The van der Waals surface area contributed by atoms with Gasteiger partial charge in [-0.1, -0.05) is 30.3 Å². The van der Waals surface area contributed by atoms with Crippen LogP contribution in [0.15, 0.2) is 30.3 Å². The van der Waals surface area contributed by atoms with E-state index in [1.165, 1.54) is 57.4 Å². The summed E-state index contributed by atoms with van der Waals surface area (Å²) in [5.74, 6) is 0. The molecule has 3 heteroatoms. The quantitative estimate of drug-likeness (QED) is 0.917. The number of nitrogens with zero attached hydrogens (tertiary/aromatic N) is 2. The highest BCUT2D eigenvalue weighted by Gasteiger charge is 2.28. The third kappa shape index (κ3) is 4.06. The molecular formula is C18H29N3. The highest BCUT2D eigenvalue weighted by molar-refractivity contribution is 5.14. The second-order valence-corrected chi connectivity index (χ2v) is 6.64. The summed E-state index contributed by atoms with van der Waals surface area (Å²) in [6.07, 6.45) is 5.41. The van der Waals surface area contributed by atoms with Crippen molar-refractivity contribution in [1.82, 2.24) is 15.1 Å². The Labute approximate surface area is 129 Å². The van der Waals surface area contributed by atoms with E-state index in [0.717, 1.165) is 12.6 Å². The second-order valence-electron chi connectivity index (χ2n) is 6.64. The van der Waals surface area contributed by atoms with Crippen LogP contribution < -0.4 is 5.32 Å². The maximum Gasteiger partial charge on any atom is 0.0234 e. The number of hydrogen-bond donors (Lipinski definition) is 1. The molecule has 0 bridgehead atoms. The van der Waals surface area contributed by atoms with Crippen LogP contribution in [-0.4, -0.2) is 55.1 Å². The van der Waals surface area contributed by atoms with Crippen molar-refractivity contribution < 1.29 is 0 Å². The Bertz CT molecular complexity index is 420. The summed E-state index contributed by atoms with van der Waals surface area (Å²) < 4.78 is 0. The molecule has 0 saturated carbocycles. The number of benzene rings is 1. The average molecular weight is 287 g/mol. The molecule has 1 aromatic rings. The standard InChI is InChI=1S/C18H29N3/c1-19-17-9-5-12-21(14-17)18-10-6-11-20(15-18)13-16-7-3-2-4-8-16/h2-4,7-8,17-19H,5-6,9-15H2,1H3. The summed E-state index contributed by atoms with van der Waals surface area (Å²) in [5, 5.41) is 3.47. The molecule has 1 aromatic carbocycles. The molecular weight excluding hydrogens is 258 g/mol. The minimum Gasteiger partial charge on any atom is -0.316 e. The van der Waals surface area contributed by atoms with Gasteiger partial charge in [-0.15, -0.1) is 0 Å². The van der Waals surface area contributed by atoms with Gasteiger partial charge in [0.05, 0.1) is 0 Å². The van der Waals surface area contributed by atoms with E-state index >= 15 is 0 Å². The van der Waals surface area contributed by atoms with Crippen molar-refractivity contribution in [3.05, 3.63) is 35.9 Å². The molecule has 2 unspecified atom stereocenters. The zero-order valence-corrected chi connectivity index (χ0v) is 13.3. The van der Waals surface area contributed by atoms with Gasteiger partial charge >= 0.3 is 0 Å². The lowest BCUT2D eigenvalue weighted by atomic mass is 9.98. The molecule has 0 aromatic heterocycles. The van der Waals surface area contributed by atoms with Gasteiger partial charge in [0.25, 0.3) is 0 Å². The van der Waals surface area contributed by atoms with Crippen molar-refractivity contribution in [3.8, 4) is 0 Å². The Hall–Kier alpha value is -0.900. The van der Waals surface area contributed by atoms with Crippen molar-refractivity contribution in [2.45, 2.75) is 44.3 Å². The van der Waals surface area contributed by atoms with Gasteiger partial charge in [0.1, 0.15) is 0 Å². The van der Waals surface area contributed by atoms with E-state index in [2.05, 4.69) is 52.5 Å². The first kappa shape index (κ1) is 15.0. The first-order chi connectivity index (χ1) is 10.3. The molecule has 2 saturated heterocycles. The summed E-state index contributed by atoms with van der Waals surface area (Å²) in [4.78, 5) is 5.38. The first-order valence-electron chi connectivity index (χ1n) is 8.53. The fourth-order valence-corrected chi connectivity index (χ4v) is 3.89. The molecule has 0 amide bonds. The number of likely N-dealkylation sites (tertiary alicyclic amines) is 2.